The first kappa shape index (κ1) is 15.9. The predicted octanol–water partition coefficient (Wildman–Crippen LogP) is 1.42. The number of nitro groups is 1. The summed E-state index contributed by atoms with van der Waals surface area (Å²) in [4.78, 5) is 22.0. The van der Waals surface area contributed by atoms with Crippen LogP contribution in [0, 0.1) is 10.1 Å². The van der Waals surface area contributed by atoms with Gasteiger partial charge in [0, 0.05) is 11.3 Å². The molecule has 0 radical (unpaired) electrons. The van der Waals surface area contributed by atoms with Gasteiger partial charge in [0.1, 0.15) is 6.54 Å². The van der Waals surface area contributed by atoms with Crippen molar-refractivity contribution < 1.29 is 9.72 Å². The van der Waals surface area contributed by atoms with Crippen LogP contribution in [0.15, 0.2) is 36.5 Å². The fraction of sp³-hybridized carbons (Fsp3) is 0.267. The first-order chi connectivity index (χ1) is 12.6. The third-order valence-electron chi connectivity index (χ3n) is 3.93. The summed E-state index contributed by atoms with van der Waals surface area (Å²) < 4.78 is 3.03. The van der Waals surface area contributed by atoms with Crippen LogP contribution >= 0.6 is 0 Å². The standard InChI is InChI=1S/C15H14N8O3/c24-14(9-21-8-7-13(18-21)23(25)26)16-11-3-1-10(2-4-11)15-17-19-20-22(15)12-5-6-12/h1-4,7-8,12H,5-6,9H2,(H,16,24). The van der Waals surface area contributed by atoms with Crippen molar-refractivity contribution in [1.29, 1.82) is 0 Å². The van der Waals surface area contributed by atoms with Gasteiger partial charge in [-0.2, -0.15) is 4.68 Å². The molecule has 132 valence electrons. The number of amides is 1. The molecular formula is C15H14N8O3. The second-order valence-electron chi connectivity index (χ2n) is 5.93. The van der Waals surface area contributed by atoms with E-state index in [1.165, 1.54) is 16.9 Å². The highest BCUT2D eigenvalue weighted by molar-refractivity contribution is 5.90. The highest BCUT2D eigenvalue weighted by atomic mass is 16.6. The van der Waals surface area contributed by atoms with E-state index in [1.807, 2.05) is 16.8 Å². The Morgan fingerprint density at radius 2 is 2.04 bits per heavy atom. The number of benzene rings is 1. The lowest BCUT2D eigenvalue weighted by molar-refractivity contribution is -0.389. The van der Waals surface area contributed by atoms with E-state index in [9.17, 15) is 14.9 Å². The molecule has 1 aliphatic carbocycles. The number of hydrogen-bond acceptors (Lipinski definition) is 7. The molecule has 4 rings (SSSR count). The number of aromatic nitrogens is 6. The number of anilines is 1. The molecule has 1 aromatic carbocycles. The van der Waals surface area contributed by atoms with E-state index >= 15 is 0 Å². The third kappa shape index (κ3) is 3.27. The number of nitrogens with zero attached hydrogens (tertiary/aromatic N) is 7. The molecule has 11 heteroatoms. The van der Waals surface area contributed by atoms with Gasteiger partial charge in [-0.25, -0.2) is 4.68 Å². The van der Waals surface area contributed by atoms with Crippen LogP contribution in [0.25, 0.3) is 11.4 Å². The Kier molecular flexibility index (Phi) is 3.88. The lowest BCUT2D eigenvalue weighted by Gasteiger charge is -2.06. The van der Waals surface area contributed by atoms with E-state index in [4.69, 9.17) is 0 Å². The van der Waals surface area contributed by atoms with E-state index in [0.717, 1.165) is 18.4 Å². The molecule has 1 fully saturated rings. The zero-order chi connectivity index (χ0) is 18.1. The van der Waals surface area contributed by atoms with Gasteiger partial charge in [0.25, 0.3) is 0 Å². The Morgan fingerprint density at radius 3 is 2.69 bits per heavy atom. The predicted molar refractivity (Wildman–Crippen MR) is 89.0 cm³/mol. The second-order valence-corrected chi connectivity index (χ2v) is 5.93. The minimum atomic E-state index is -0.609. The van der Waals surface area contributed by atoms with Crippen molar-refractivity contribution in [2.75, 3.05) is 5.32 Å². The zero-order valence-electron chi connectivity index (χ0n) is 13.5. The maximum absolute atomic E-state index is 12.0. The Balaban J connectivity index is 1.41. The largest absolute Gasteiger partial charge is 0.389 e. The summed E-state index contributed by atoms with van der Waals surface area (Å²) in [5.41, 5.74) is 1.47. The van der Waals surface area contributed by atoms with Gasteiger partial charge in [-0.15, -0.1) is 5.10 Å². The molecule has 0 unspecified atom stereocenters. The highest BCUT2D eigenvalue weighted by Gasteiger charge is 2.28. The van der Waals surface area contributed by atoms with Crippen molar-refractivity contribution in [1.82, 2.24) is 30.0 Å². The highest BCUT2D eigenvalue weighted by Crippen LogP contribution is 2.36. The molecule has 0 spiro atoms. The molecule has 26 heavy (non-hydrogen) atoms. The van der Waals surface area contributed by atoms with Crippen molar-refractivity contribution in [3.63, 3.8) is 0 Å². The van der Waals surface area contributed by atoms with Gasteiger partial charge in [-0.3, -0.25) is 4.79 Å². The SMILES string of the molecule is O=C(Cn1ccc([N+](=O)[O-])n1)Nc1ccc(-c2nnnn2C2CC2)cc1. The molecule has 2 aromatic heterocycles. The van der Waals surface area contributed by atoms with Crippen molar-refractivity contribution >= 4 is 17.4 Å². The van der Waals surface area contributed by atoms with Crippen molar-refractivity contribution in [2.24, 2.45) is 0 Å². The van der Waals surface area contributed by atoms with Crippen LogP contribution in [0.3, 0.4) is 0 Å². The Morgan fingerprint density at radius 1 is 1.27 bits per heavy atom. The molecule has 0 saturated heterocycles. The molecule has 11 nitrogen and oxygen atoms in total. The van der Waals surface area contributed by atoms with E-state index in [0.29, 0.717) is 17.6 Å². The average molecular weight is 354 g/mol. The van der Waals surface area contributed by atoms with E-state index in [2.05, 4.69) is 25.9 Å². The van der Waals surface area contributed by atoms with Crippen molar-refractivity contribution in [2.45, 2.75) is 25.4 Å². The summed E-state index contributed by atoms with van der Waals surface area (Å²) >= 11 is 0. The van der Waals surface area contributed by atoms with Gasteiger partial charge >= 0.3 is 5.82 Å². The first-order valence-electron chi connectivity index (χ1n) is 7.96. The van der Waals surface area contributed by atoms with Crippen LogP contribution in [0.5, 0.6) is 0 Å². The molecule has 0 bridgehead atoms. The lowest BCUT2D eigenvalue weighted by atomic mass is 10.2. The summed E-state index contributed by atoms with van der Waals surface area (Å²) in [6, 6.07) is 8.79. The maximum atomic E-state index is 12.0. The molecule has 1 aliphatic rings. The van der Waals surface area contributed by atoms with Crippen LogP contribution in [0.1, 0.15) is 18.9 Å². The molecule has 1 N–H and O–H groups in total. The van der Waals surface area contributed by atoms with Gasteiger partial charge in [0.2, 0.25) is 5.91 Å². The molecule has 1 saturated carbocycles. The van der Waals surface area contributed by atoms with Crippen LogP contribution in [-0.4, -0.2) is 40.8 Å². The van der Waals surface area contributed by atoms with E-state index in [1.54, 1.807) is 12.1 Å². The topological polar surface area (TPSA) is 134 Å². The van der Waals surface area contributed by atoms with Crippen LogP contribution in [0.2, 0.25) is 0 Å². The van der Waals surface area contributed by atoms with Gasteiger partial charge in [-0.05, 0) is 52.5 Å². The number of carbonyl (C=O) groups is 1. The molecular weight excluding hydrogens is 340 g/mol. The zero-order valence-corrected chi connectivity index (χ0v) is 13.5. The lowest BCUT2D eigenvalue weighted by Crippen LogP contribution is -2.19. The average Bonchev–Trinajstić information content (AvgIpc) is 3.16. The first-order valence-corrected chi connectivity index (χ1v) is 7.96. The smallest absolute Gasteiger partial charge is 0.358 e. The summed E-state index contributed by atoms with van der Waals surface area (Å²) in [7, 11) is 0. The van der Waals surface area contributed by atoms with Crippen LogP contribution < -0.4 is 5.32 Å². The quantitative estimate of drug-likeness (QED) is 0.522. The van der Waals surface area contributed by atoms with E-state index < -0.39 is 4.92 Å². The monoisotopic (exact) mass is 354 g/mol. The number of hydrogen-bond donors (Lipinski definition) is 1. The maximum Gasteiger partial charge on any atom is 0.389 e. The molecule has 2 heterocycles. The summed E-state index contributed by atoms with van der Waals surface area (Å²) in [6.45, 7) is -0.116. The minimum Gasteiger partial charge on any atom is -0.358 e. The summed E-state index contributed by atoms with van der Waals surface area (Å²) in [6.07, 6.45) is 3.55. The fourth-order valence-corrected chi connectivity index (χ4v) is 2.54. The normalized spacial score (nSPS) is 13.5. The van der Waals surface area contributed by atoms with Crippen molar-refractivity contribution in [3.8, 4) is 11.4 Å². The van der Waals surface area contributed by atoms with Crippen LogP contribution in [-0.2, 0) is 11.3 Å². The summed E-state index contributed by atoms with van der Waals surface area (Å²) in [5.74, 6) is 0.0725. The fourth-order valence-electron chi connectivity index (χ4n) is 2.54. The Hall–Kier alpha value is -3.63. The molecule has 1 amide bonds. The van der Waals surface area contributed by atoms with Gasteiger partial charge in [0.05, 0.1) is 23.4 Å². The Bertz CT molecular complexity index is 957. The number of tetrazole rings is 1. The molecule has 3 aromatic rings. The third-order valence-corrected chi connectivity index (χ3v) is 3.93. The minimum absolute atomic E-state index is 0.116. The van der Waals surface area contributed by atoms with E-state index in [-0.39, 0.29) is 18.3 Å². The molecule has 0 aliphatic heterocycles. The Labute approximate surface area is 146 Å². The molecule has 0 atom stereocenters. The van der Waals surface area contributed by atoms with Gasteiger partial charge < -0.3 is 15.4 Å². The number of rotatable bonds is 6. The van der Waals surface area contributed by atoms with Gasteiger partial charge in [0.15, 0.2) is 5.82 Å². The van der Waals surface area contributed by atoms with Crippen LogP contribution in [0.4, 0.5) is 11.5 Å². The summed E-state index contributed by atoms with van der Waals surface area (Å²) in [5, 5.41) is 28.8. The van der Waals surface area contributed by atoms with Crippen molar-refractivity contribution in [3.05, 3.63) is 46.6 Å². The second kappa shape index (κ2) is 6.35. The van der Waals surface area contributed by atoms with Gasteiger partial charge in [-0.1, -0.05) is 0 Å². The number of nitrogens with one attached hydrogen (secondary N) is 1. The number of carbonyl (C=O) groups excluding carboxylic acids is 1.